The Morgan fingerprint density at radius 1 is 1.00 bits per heavy atom. The van der Waals surface area contributed by atoms with Crippen LogP contribution in [0.2, 0.25) is 0 Å². The second-order valence-electron chi connectivity index (χ2n) is 8.00. The highest BCUT2D eigenvalue weighted by atomic mass is 16.2. The molecule has 4 rings (SSSR count). The maximum atomic E-state index is 13.3. The average molecular weight is 337 g/mol. The van der Waals surface area contributed by atoms with E-state index in [4.69, 9.17) is 5.26 Å². The van der Waals surface area contributed by atoms with Crippen molar-refractivity contribution in [1.82, 2.24) is 4.90 Å². The third-order valence-corrected chi connectivity index (χ3v) is 6.50. The average Bonchev–Trinajstić information content (AvgIpc) is 2.98. The van der Waals surface area contributed by atoms with Crippen LogP contribution in [0.1, 0.15) is 56.9 Å². The molecule has 0 aromatic heterocycles. The lowest BCUT2D eigenvalue weighted by Crippen LogP contribution is -2.49. The van der Waals surface area contributed by atoms with Gasteiger partial charge in [0.15, 0.2) is 0 Å². The van der Waals surface area contributed by atoms with Crippen LogP contribution < -0.4 is 4.90 Å². The number of anilines is 1. The number of hydrogen-bond acceptors (Lipinski definition) is 3. The Balaban J connectivity index is 1.50. The van der Waals surface area contributed by atoms with Crippen molar-refractivity contribution in [2.75, 3.05) is 24.5 Å². The molecule has 3 fully saturated rings. The maximum absolute atomic E-state index is 13.3. The van der Waals surface area contributed by atoms with Gasteiger partial charge in [0.2, 0.25) is 5.91 Å². The number of rotatable bonds is 2. The summed E-state index contributed by atoms with van der Waals surface area (Å²) in [6.07, 6.45) is 9.39. The quantitative estimate of drug-likeness (QED) is 0.826. The minimum Gasteiger partial charge on any atom is -0.370 e. The summed E-state index contributed by atoms with van der Waals surface area (Å²) in [5, 5.41) is 8.98. The molecule has 1 spiro atoms. The van der Waals surface area contributed by atoms with Crippen LogP contribution in [0.5, 0.6) is 0 Å². The summed E-state index contributed by atoms with van der Waals surface area (Å²) in [6, 6.07) is 10.5. The highest BCUT2D eigenvalue weighted by Crippen LogP contribution is 2.43. The van der Waals surface area contributed by atoms with Crippen molar-refractivity contribution in [1.29, 1.82) is 5.26 Å². The van der Waals surface area contributed by atoms with E-state index in [1.807, 2.05) is 24.3 Å². The molecular formula is C21H27N3O. The Labute approximate surface area is 150 Å². The number of carbonyl (C=O) groups is 1. The maximum Gasteiger partial charge on any atom is 0.230 e. The lowest BCUT2D eigenvalue weighted by molar-refractivity contribution is -0.138. The van der Waals surface area contributed by atoms with E-state index in [1.54, 1.807) is 0 Å². The number of hydrogen-bond donors (Lipinski definition) is 0. The van der Waals surface area contributed by atoms with Crippen LogP contribution in [0.4, 0.5) is 5.69 Å². The normalized spacial score (nSPS) is 27.7. The summed E-state index contributed by atoms with van der Waals surface area (Å²) in [5.74, 6) is 0.415. The van der Waals surface area contributed by atoms with E-state index in [-0.39, 0.29) is 5.41 Å². The summed E-state index contributed by atoms with van der Waals surface area (Å²) in [4.78, 5) is 17.9. The Hall–Kier alpha value is -2.02. The van der Waals surface area contributed by atoms with Gasteiger partial charge in [-0.1, -0.05) is 19.3 Å². The number of benzene rings is 1. The highest BCUT2D eigenvalue weighted by molar-refractivity contribution is 5.86. The zero-order chi connectivity index (χ0) is 17.3. The zero-order valence-corrected chi connectivity index (χ0v) is 14.9. The first-order chi connectivity index (χ1) is 12.2. The third-order valence-electron chi connectivity index (χ3n) is 6.50. The van der Waals surface area contributed by atoms with Crippen LogP contribution in [0.25, 0.3) is 0 Å². The van der Waals surface area contributed by atoms with E-state index >= 15 is 0 Å². The van der Waals surface area contributed by atoms with Gasteiger partial charge in [0.25, 0.3) is 0 Å². The second kappa shape index (κ2) is 6.71. The number of nitrogens with zero attached hydrogens (tertiary/aromatic N) is 3. The predicted molar refractivity (Wildman–Crippen MR) is 98.2 cm³/mol. The van der Waals surface area contributed by atoms with Crippen LogP contribution in [-0.4, -0.2) is 36.5 Å². The molecule has 0 radical (unpaired) electrons. The van der Waals surface area contributed by atoms with Gasteiger partial charge in [-0.25, -0.2) is 0 Å². The predicted octanol–water partition coefficient (Wildman–Crippen LogP) is 3.71. The Morgan fingerprint density at radius 2 is 1.76 bits per heavy atom. The van der Waals surface area contributed by atoms with E-state index in [0.717, 1.165) is 44.6 Å². The van der Waals surface area contributed by atoms with Crippen molar-refractivity contribution in [2.45, 2.75) is 57.4 Å². The van der Waals surface area contributed by atoms with Gasteiger partial charge in [0.05, 0.1) is 17.0 Å². The molecule has 0 bridgehead atoms. The topological polar surface area (TPSA) is 47.3 Å². The molecule has 132 valence electrons. The smallest absolute Gasteiger partial charge is 0.230 e. The molecular weight excluding hydrogens is 310 g/mol. The lowest BCUT2D eigenvalue weighted by atomic mass is 9.78. The van der Waals surface area contributed by atoms with Gasteiger partial charge in [-0.2, -0.15) is 5.26 Å². The van der Waals surface area contributed by atoms with E-state index in [1.165, 1.54) is 32.1 Å². The fraction of sp³-hybridized carbons (Fsp3) is 0.619. The molecule has 1 aliphatic carbocycles. The first-order valence-electron chi connectivity index (χ1n) is 9.78. The minimum atomic E-state index is -0.177. The van der Waals surface area contributed by atoms with Crippen LogP contribution in [0.15, 0.2) is 24.3 Å². The Kier molecular flexibility index (Phi) is 4.41. The van der Waals surface area contributed by atoms with E-state index < -0.39 is 0 Å². The van der Waals surface area contributed by atoms with Gasteiger partial charge >= 0.3 is 0 Å². The van der Waals surface area contributed by atoms with Crippen molar-refractivity contribution in [3.63, 3.8) is 0 Å². The molecule has 2 saturated heterocycles. The zero-order valence-electron chi connectivity index (χ0n) is 14.9. The molecule has 2 aliphatic heterocycles. The van der Waals surface area contributed by atoms with Crippen molar-refractivity contribution >= 4 is 11.6 Å². The fourth-order valence-electron chi connectivity index (χ4n) is 5.07. The Bertz CT molecular complexity index is 671. The van der Waals surface area contributed by atoms with E-state index in [9.17, 15) is 4.79 Å². The molecule has 4 nitrogen and oxygen atoms in total. The van der Waals surface area contributed by atoms with Gasteiger partial charge < -0.3 is 9.80 Å². The van der Waals surface area contributed by atoms with Crippen LogP contribution >= 0.6 is 0 Å². The highest BCUT2D eigenvalue weighted by Gasteiger charge is 2.50. The monoisotopic (exact) mass is 337 g/mol. The molecule has 1 amide bonds. The summed E-state index contributed by atoms with van der Waals surface area (Å²) in [6.45, 7) is 2.79. The molecule has 3 aliphatic rings. The number of amides is 1. The number of likely N-dealkylation sites (tertiary alicyclic amines) is 1. The number of nitriles is 1. The fourth-order valence-corrected chi connectivity index (χ4v) is 5.07. The molecule has 1 aromatic rings. The SMILES string of the molecule is N#Cc1ccc(N2CCCC3(CCN(C4CCCCC4)C3=O)C2)cc1. The van der Waals surface area contributed by atoms with Crippen molar-refractivity contribution < 1.29 is 4.79 Å². The third kappa shape index (κ3) is 3.01. The van der Waals surface area contributed by atoms with Crippen molar-refractivity contribution in [3.05, 3.63) is 29.8 Å². The van der Waals surface area contributed by atoms with Crippen LogP contribution in [-0.2, 0) is 4.79 Å². The molecule has 1 atom stereocenters. The molecule has 4 heteroatoms. The van der Waals surface area contributed by atoms with Gasteiger partial charge in [0, 0.05) is 31.4 Å². The van der Waals surface area contributed by atoms with Gasteiger partial charge in [-0.05, 0) is 56.4 Å². The first kappa shape index (κ1) is 16.4. The molecule has 1 saturated carbocycles. The van der Waals surface area contributed by atoms with Gasteiger partial charge in [0.1, 0.15) is 0 Å². The first-order valence-corrected chi connectivity index (χ1v) is 9.78. The van der Waals surface area contributed by atoms with Gasteiger partial charge in [-0.3, -0.25) is 4.79 Å². The van der Waals surface area contributed by atoms with Crippen LogP contribution in [0, 0.1) is 16.7 Å². The van der Waals surface area contributed by atoms with Crippen molar-refractivity contribution in [2.24, 2.45) is 5.41 Å². The Morgan fingerprint density at radius 3 is 2.48 bits per heavy atom. The lowest BCUT2D eigenvalue weighted by Gasteiger charge is -2.41. The van der Waals surface area contributed by atoms with Crippen LogP contribution in [0.3, 0.4) is 0 Å². The molecule has 1 unspecified atom stereocenters. The molecule has 25 heavy (non-hydrogen) atoms. The standard InChI is InChI=1S/C21H27N3O/c22-15-17-7-9-18(10-8-17)23-13-4-11-21(16-23)12-14-24(20(21)25)19-5-2-1-3-6-19/h7-10,19H,1-6,11-14,16H2. The molecule has 0 N–H and O–H groups in total. The molecule has 2 heterocycles. The summed E-state index contributed by atoms with van der Waals surface area (Å²) in [5.41, 5.74) is 1.65. The van der Waals surface area contributed by atoms with Gasteiger partial charge in [-0.15, -0.1) is 0 Å². The van der Waals surface area contributed by atoms with E-state index in [0.29, 0.717) is 17.5 Å². The molecule has 1 aromatic carbocycles. The van der Waals surface area contributed by atoms with E-state index in [2.05, 4.69) is 15.9 Å². The summed E-state index contributed by atoms with van der Waals surface area (Å²) in [7, 11) is 0. The van der Waals surface area contributed by atoms with Crippen molar-refractivity contribution in [3.8, 4) is 6.07 Å². The minimum absolute atomic E-state index is 0.177. The summed E-state index contributed by atoms with van der Waals surface area (Å²) < 4.78 is 0. The number of carbonyl (C=O) groups excluding carboxylic acids is 1. The summed E-state index contributed by atoms with van der Waals surface area (Å²) >= 11 is 0. The largest absolute Gasteiger partial charge is 0.370 e. The number of piperidine rings is 1. The second-order valence-corrected chi connectivity index (χ2v) is 8.00.